The maximum Gasteiger partial charge on any atom is 0.404 e. The summed E-state index contributed by atoms with van der Waals surface area (Å²) in [7, 11) is -4.48. The molecule has 0 amide bonds. The van der Waals surface area contributed by atoms with E-state index in [1.54, 1.807) is 40.0 Å². The van der Waals surface area contributed by atoms with Crippen molar-refractivity contribution in [3.8, 4) is 23.1 Å². The van der Waals surface area contributed by atoms with Crippen LogP contribution < -0.4 is 4.72 Å². The lowest BCUT2D eigenvalue weighted by Crippen LogP contribution is -2.42. The summed E-state index contributed by atoms with van der Waals surface area (Å²) in [5.74, 6) is 0. The number of nitriles is 1. The van der Waals surface area contributed by atoms with Crippen molar-refractivity contribution in [2.24, 2.45) is 0 Å². The van der Waals surface area contributed by atoms with Crippen molar-refractivity contribution in [2.75, 3.05) is 0 Å². The highest BCUT2D eigenvalue weighted by Crippen LogP contribution is 2.34. The fraction of sp³-hybridized carbons (Fsp3) is 0.182. The number of aryl methyl sites for hydroxylation is 1. The van der Waals surface area contributed by atoms with Gasteiger partial charge in [-0.05, 0) is 49.7 Å². The maximum atomic E-state index is 12.8. The van der Waals surface area contributed by atoms with E-state index in [-0.39, 0.29) is 11.3 Å². The second-order valence-corrected chi connectivity index (χ2v) is 9.24. The van der Waals surface area contributed by atoms with Gasteiger partial charge < -0.3 is 4.57 Å². The monoisotopic (exact) mass is 486 g/mol. The molecule has 34 heavy (non-hydrogen) atoms. The molecule has 8 nitrogen and oxygen atoms in total. The standard InChI is InChI=1S/C22H17F3N6O2S/c1-13-8-19-20(29-10-13)17(9-26)21(31(19)15-4-3-7-27-11-15)18-6-5-16(12-28-18)34(32,33)30-14(2)22(23,24)25/h3-8,10-12,14,30H,1-2H3/t14-/m0/s1. The predicted octanol–water partition coefficient (Wildman–Crippen LogP) is 3.89. The Labute approximate surface area is 192 Å². The van der Waals surface area contributed by atoms with Crippen LogP contribution in [0.1, 0.15) is 18.1 Å². The zero-order valence-electron chi connectivity index (χ0n) is 17.9. The zero-order chi connectivity index (χ0) is 24.7. The number of nitrogens with zero attached hydrogens (tertiary/aromatic N) is 5. The van der Waals surface area contributed by atoms with Crippen molar-refractivity contribution in [1.29, 1.82) is 5.26 Å². The van der Waals surface area contributed by atoms with Gasteiger partial charge in [0.1, 0.15) is 28.1 Å². The van der Waals surface area contributed by atoms with Crippen LogP contribution >= 0.6 is 0 Å². The first-order valence-corrected chi connectivity index (χ1v) is 11.4. The third-order valence-corrected chi connectivity index (χ3v) is 6.60. The zero-order valence-corrected chi connectivity index (χ0v) is 18.7. The van der Waals surface area contributed by atoms with Crippen molar-refractivity contribution < 1.29 is 21.6 Å². The Balaban J connectivity index is 1.87. The summed E-state index contributed by atoms with van der Waals surface area (Å²) in [5.41, 5.74) is 3.32. The number of nitrogens with one attached hydrogen (secondary N) is 1. The lowest BCUT2D eigenvalue weighted by atomic mass is 10.1. The van der Waals surface area contributed by atoms with E-state index in [2.05, 4.69) is 21.0 Å². The molecule has 1 N–H and O–H groups in total. The molecule has 0 aromatic carbocycles. The van der Waals surface area contributed by atoms with Crippen LogP contribution in [0.15, 0.2) is 60.0 Å². The summed E-state index contributed by atoms with van der Waals surface area (Å²) in [5, 5.41) is 9.91. The molecular weight excluding hydrogens is 469 g/mol. The third-order valence-electron chi connectivity index (χ3n) is 5.07. The van der Waals surface area contributed by atoms with E-state index >= 15 is 0 Å². The summed E-state index contributed by atoms with van der Waals surface area (Å²) < 4.78 is 66.6. The molecule has 0 unspecified atom stereocenters. The van der Waals surface area contributed by atoms with Gasteiger partial charge in [0, 0.05) is 18.6 Å². The molecule has 12 heteroatoms. The van der Waals surface area contributed by atoms with Crippen molar-refractivity contribution in [3.05, 3.63) is 66.2 Å². The first-order valence-electron chi connectivity index (χ1n) is 9.90. The first-order chi connectivity index (χ1) is 16.0. The van der Waals surface area contributed by atoms with Crippen LogP contribution in [0.2, 0.25) is 0 Å². The van der Waals surface area contributed by atoms with E-state index in [1.807, 2.05) is 13.0 Å². The first kappa shape index (κ1) is 23.3. The molecule has 0 saturated heterocycles. The minimum absolute atomic E-state index is 0.214. The number of sulfonamides is 1. The number of aromatic nitrogens is 4. The van der Waals surface area contributed by atoms with Crippen LogP contribution in [-0.4, -0.2) is 40.2 Å². The van der Waals surface area contributed by atoms with E-state index < -0.39 is 27.1 Å². The lowest BCUT2D eigenvalue weighted by molar-refractivity contribution is -0.147. The SMILES string of the molecule is Cc1cnc2c(C#N)c(-c3ccc(S(=O)(=O)N[C@@H](C)C(F)(F)F)cn3)n(-c3cccnc3)c2c1. The minimum atomic E-state index is -4.74. The van der Waals surface area contributed by atoms with Gasteiger partial charge in [-0.25, -0.2) is 8.42 Å². The molecule has 0 aliphatic carbocycles. The molecule has 174 valence electrons. The maximum absolute atomic E-state index is 12.8. The van der Waals surface area contributed by atoms with E-state index in [4.69, 9.17) is 0 Å². The van der Waals surface area contributed by atoms with Gasteiger partial charge in [-0.3, -0.25) is 15.0 Å². The number of hydrogen-bond donors (Lipinski definition) is 1. The van der Waals surface area contributed by atoms with Crippen molar-refractivity contribution >= 4 is 21.1 Å². The second kappa shape index (κ2) is 8.51. The van der Waals surface area contributed by atoms with Gasteiger partial charge in [0.05, 0.1) is 28.8 Å². The summed E-state index contributed by atoms with van der Waals surface area (Å²) >= 11 is 0. The molecule has 4 heterocycles. The summed E-state index contributed by atoms with van der Waals surface area (Å²) in [6.07, 6.45) is 1.02. The molecule has 0 bridgehead atoms. The molecular formula is C22H17F3N6O2S. The number of rotatable bonds is 5. The molecule has 0 fully saturated rings. The van der Waals surface area contributed by atoms with Gasteiger partial charge in [0.25, 0.3) is 0 Å². The summed E-state index contributed by atoms with van der Waals surface area (Å²) in [6, 6.07) is 7.68. The minimum Gasteiger partial charge on any atom is -0.303 e. The number of pyridine rings is 3. The van der Waals surface area contributed by atoms with E-state index in [9.17, 15) is 26.9 Å². The highest BCUT2D eigenvalue weighted by Gasteiger charge is 2.39. The van der Waals surface area contributed by atoms with E-state index in [0.29, 0.717) is 29.3 Å². The predicted molar refractivity (Wildman–Crippen MR) is 117 cm³/mol. The number of fused-ring (bicyclic) bond motifs is 1. The Kier molecular flexibility index (Phi) is 5.84. The molecule has 4 aromatic heterocycles. The van der Waals surface area contributed by atoms with Crippen molar-refractivity contribution in [1.82, 2.24) is 24.2 Å². The molecule has 4 aromatic rings. The van der Waals surface area contributed by atoms with Crippen molar-refractivity contribution in [2.45, 2.75) is 31.0 Å². The normalized spacial score (nSPS) is 13.1. The average molecular weight is 486 g/mol. The molecule has 0 aliphatic rings. The Morgan fingerprint density at radius 2 is 1.91 bits per heavy atom. The fourth-order valence-electron chi connectivity index (χ4n) is 3.41. The quantitative estimate of drug-likeness (QED) is 0.458. The van der Waals surface area contributed by atoms with E-state index in [1.165, 1.54) is 6.07 Å². The smallest absolute Gasteiger partial charge is 0.303 e. The Hall–Kier alpha value is -3.82. The molecule has 0 saturated carbocycles. The van der Waals surface area contributed by atoms with Gasteiger partial charge in [0.15, 0.2) is 0 Å². The summed E-state index contributed by atoms with van der Waals surface area (Å²) in [6.45, 7) is 2.56. The highest BCUT2D eigenvalue weighted by molar-refractivity contribution is 7.89. The molecule has 0 spiro atoms. The Bertz CT molecular complexity index is 1510. The van der Waals surface area contributed by atoms with E-state index in [0.717, 1.165) is 17.8 Å². The topological polar surface area (TPSA) is 114 Å². The van der Waals surface area contributed by atoms with Gasteiger partial charge in [-0.2, -0.15) is 23.2 Å². The van der Waals surface area contributed by atoms with Gasteiger partial charge in [0.2, 0.25) is 10.0 Å². The molecule has 4 rings (SSSR count). The Morgan fingerprint density at radius 1 is 1.15 bits per heavy atom. The van der Waals surface area contributed by atoms with Gasteiger partial charge in [-0.15, -0.1) is 0 Å². The van der Waals surface area contributed by atoms with Crippen LogP contribution in [-0.2, 0) is 10.0 Å². The average Bonchev–Trinajstić information content (AvgIpc) is 3.12. The van der Waals surface area contributed by atoms with Gasteiger partial charge in [-0.1, -0.05) is 0 Å². The molecule has 0 aliphatic heterocycles. The fourth-order valence-corrected chi connectivity index (χ4v) is 4.58. The Morgan fingerprint density at radius 3 is 2.50 bits per heavy atom. The van der Waals surface area contributed by atoms with Crippen LogP contribution in [0.3, 0.4) is 0 Å². The largest absolute Gasteiger partial charge is 0.404 e. The number of hydrogen-bond acceptors (Lipinski definition) is 6. The molecule has 0 radical (unpaired) electrons. The second-order valence-electron chi connectivity index (χ2n) is 7.53. The summed E-state index contributed by atoms with van der Waals surface area (Å²) in [4.78, 5) is 12.3. The van der Waals surface area contributed by atoms with Crippen LogP contribution in [0.25, 0.3) is 28.1 Å². The van der Waals surface area contributed by atoms with Crippen LogP contribution in [0, 0.1) is 18.3 Å². The lowest BCUT2D eigenvalue weighted by Gasteiger charge is -2.17. The highest BCUT2D eigenvalue weighted by atomic mass is 32.2. The number of alkyl halides is 3. The van der Waals surface area contributed by atoms with Crippen molar-refractivity contribution in [3.63, 3.8) is 0 Å². The van der Waals surface area contributed by atoms with Crippen LogP contribution in [0.5, 0.6) is 0 Å². The number of halogens is 3. The molecule has 1 atom stereocenters. The third kappa shape index (κ3) is 4.23. The van der Waals surface area contributed by atoms with Crippen LogP contribution in [0.4, 0.5) is 13.2 Å². The van der Waals surface area contributed by atoms with Gasteiger partial charge >= 0.3 is 6.18 Å².